The zero-order chi connectivity index (χ0) is 19.2. The van der Waals surface area contributed by atoms with Crippen LogP contribution in [-0.4, -0.2) is 41.9 Å². The molecule has 1 N–H and O–H groups in total. The van der Waals surface area contributed by atoms with Crippen molar-refractivity contribution in [1.29, 1.82) is 0 Å². The summed E-state index contributed by atoms with van der Waals surface area (Å²) in [5.41, 5.74) is 0.973. The fourth-order valence-electron chi connectivity index (χ4n) is 3.14. The fraction of sp³-hybridized carbons (Fsp3) is 0.350. The van der Waals surface area contributed by atoms with Crippen molar-refractivity contribution in [2.75, 3.05) is 13.2 Å². The third-order valence-corrected chi connectivity index (χ3v) is 5.40. The van der Waals surface area contributed by atoms with E-state index in [9.17, 15) is 14.4 Å². The number of esters is 1. The van der Waals surface area contributed by atoms with E-state index in [0.29, 0.717) is 17.8 Å². The molecule has 0 aliphatic carbocycles. The van der Waals surface area contributed by atoms with Gasteiger partial charge >= 0.3 is 5.97 Å². The summed E-state index contributed by atoms with van der Waals surface area (Å²) >= 11 is 1.35. The van der Waals surface area contributed by atoms with Crippen molar-refractivity contribution in [1.82, 2.24) is 10.2 Å². The van der Waals surface area contributed by atoms with E-state index in [4.69, 9.17) is 4.74 Å². The van der Waals surface area contributed by atoms with E-state index in [2.05, 4.69) is 5.32 Å². The predicted molar refractivity (Wildman–Crippen MR) is 102 cm³/mol. The summed E-state index contributed by atoms with van der Waals surface area (Å²) < 4.78 is 5.18. The quantitative estimate of drug-likeness (QED) is 0.775. The molecule has 7 heteroatoms. The number of carbonyl (C=O) groups excluding carboxylic acids is 3. The molecule has 1 aromatic carbocycles. The first kappa shape index (κ1) is 19.1. The molecule has 1 aliphatic rings. The van der Waals surface area contributed by atoms with Crippen molar-refractivity contribution < 1.29 is 19.1 Å². The second kappa shape index (κ2) is 8.81. The van der Waals surface area contributed by atoms with Crippen molar-refractivity contribution in [3.63, 3.8) is 0 Å². The van der Waals surface area contributed by atoms with Gasteiger partial charge in [-0.2, -0.15) is 0 Å². The highest BCUT2D eigenvalue weighted by molar-refractivity contribution is 7.12. The lowest BCUT2D eigenvalue weighted by Crippen LogP contribution is -2.42. The average molecular weight is 386 g/mol. The lowest BCUT2D eigenvalue weighted by atomic mass is 10.1. The highest BCUT2D eigenvalue weighted by atomic mass is 32.1. The van der Waals surface area contributed by atoms with Crippen molar-refractivity contribution in [2.24, 2.45) is 0 Å². The van der Waals surface area contributed by atoms with Crippen molar-refractivity contribution in [3.05, 3.63) is 58.3 Å². The Morgan fingerprint density at radius 1 is 1.22 bits per heavy atom. The van der Waals surface area contributed by atoms with Gasteiger partial charge in [0.1, 0.15) is 6.04 Å². The van der Waals surface area contributed by atoms with Gasteiger partial charge in [0.2, 0.25) is 0 Å². The van der Waals surface area contributed by atoms with E-state index in [1.807, 2.05) is 42.6 Å². The summed E-state index contributed by atoms with van der Waals surface area (Å²) in [6.45, 7) is 2.04. The van der Waals surface area contributed by atoms with Gasteiger partial charge < -0.3 is 15.0 Å². The average Bonchev–Trinajstić information content (AvgIpc) is 3.38. The normalized spacial score (nSPS) is 17.4. The molecule has 6 nitrogen and oxygen atoms in total. The van der Waals surface area contributed by atoms with Crippen molar-refractivity contribution in [3.8, 4) is 0 Å². The molecule has 0 bridgehead atoms. The molecule has 1 aliphatic heterocycles. The van der Waals surface area contributed by atoms with Gasteiger partial charge in [0.15, 0.2) is 6.61 Å². The number of nitrogens with zero attached hydrogens (tertiary/aromatic N) is 1. The van der Waals surface area contributed by atoms with E-state index in [1.54, 1.807) is 17.0 Å². The summed E-state index contributed by atoms with van der Waals surface area (Å²) in [4.78, 5) is 39.1. The van der Waals surface area contributed by atoms with Crippen LogP contribution in [0.4, 0.5) is 0 Å². The van der Waals surface area contributed by atoms with Crippen LogP contribution in [0.2, 0.25) is 0 Å². The van der Waals surface area contributed by atoms with E-state index in [-0.39, 0.29) is 24.5 Å². The van der Waals surface area contributed by atoms with Gasteiger partial charge in [0, 0.05) is 6.54 Å². The molecular weight excluding hydrogens is 364 g/mol. The molecule has 0 radical (unpaired) electrons. The number of hydrogen-bond acceptors (Lipinski definition) is 5. The summed E-state index contributed by atoms with van der Waals surface area (Å²) in [5.74, 6) is -1.06. The van der Waals surface area contributed by atoms with Crippen LogP contribution in [0.15, 0.2) is 47.8 Å². The fourth-order valence-corrected chi connectivity index (χ4v) is 3.82. The zero-order valence-corrected chi connectivity index (χ0v) is 15.9. The van der Waals surface area contributed by atoms with Crippen LogP contribution in [-0.2, 0) is 14.3 Å². The van der Waals surface area contributed by atoms with Gasteiger partial charge in [-0.05, 0) is 36.8 Å². The number of likely N-dealkylation sites (tertiary alicyclic amines) is 1. The predicted octanol–water partition coefficient (Wildman–Crippen LogP) is 2.77. The molecule has 2 aromatic rings. The Balaban J connectivity index is 1.51. The molecule has 1 saturated heterocycles. The Bertz CT molecular complexity index is 792. The topological polar surface area (TPSA) is 75.7 Å². The van der Waals surface area contributed by atoms with Crippen LogP contribution in [0, 0.1) is 0 Å². The Labute approximate surface area is 162 Å². The molecule has 1 aromatic heterocycles. The van der Waals surface area contributed by atoms with Crippen molar-refractivity contribution >= 4 is 29.1 Å². The van der Waals surface area contributed by atoms with Crippen LogP contribution >= 0.6 is 11.3 Å². The second-order valence-corrected chi connectivity index (χ2v) is 7.39. The van der Waals surface area contributed by atoms with E-state index >= 15 is 0 Å². The molecule has 1 fully saturated rings. The maximum Gasteiger partial charge on any atom is 0.329 e. The maximum absolute atomic E-state index is 12.5. The third kappa shape index (κ3) is 4.74. The summed E-state index contributed by atoms with van der Waals surface area (Å²) in [7, 11) is 0. The number of rotatable bonds is 6. The Morgan fingerprint density at radius 2 is 2.00 bits per heavy atom. The van der Waals surface area contributed by atoms with Crippen molar-refractivity contribution in [2.45, 2.75) is 31.8 Å². The highest BCUT2D eigenvalue weighted by Crippen LogP contribution is 2.23. The molecule has 0 unspecified atom stereocenters. The van der Waals surface area contributed by atoms with Crippen LogP contribution in [0.5, 0.6) is 0 Å². The Kier molecular flexibility index (Phi) is 6.24. The van der Waals surface area contributed by atoms with Crippen LogP contribution < -0.4 is 5.32 Å². The van der Waals surface area contributed by atoms with E-state index < -0.39 is 12.0 Å². The van der Waals surface area contributed by atoms with Crippen LogP contribution in [0.1, 0.15) is 41.0 Å². The van der Waals surface area contributed by atoms with Gasteiger partial charge in [-0.25, -0.2) is 4.79 Å². The summed E-state index contributed by atoms with van der Waals surface area (Å²) in [5, 5.41) is 4.63. The molecule has 0 saturated carbocycles. The molecule has 2 heterocycles. The molecule has 3 rings (SSSR count). The zero-order valence-electron chi connectivity index (χ0n) is 15.1. The molecule has 27 heavy (non-hydrogen) atoms. The number of nitrogens with one attached hydrogen (secondary N) is 1. The first-order valence-electron chi connectivity index (χ1n) is 8.91. The molecule has 0 spiro atoms. The lowest BCUT2D eigenvalue weighted by Gasteiger charge is -2.22. The number of carbonyl (C=O) groups is 3. The number of thiophene rings is 1. The molecule has 2 atom stereocenters. The monoisotopic (exact) mass is 386 g/mol. The minimum atomic E-state index is -0.626. The summed E-state index contributed by atoms with van der Waals surface area (Å²) in [6, 6.07) is 12.3. The maximum atomic E-state index is 12.5. The SMILES string of the molecule is C[C@H](NC(=O)COC(=O)[C@@H]1CCCN1C(=O)c1cccs1)c1ccccc1. The third-order valence-electron chi connectivity index (χ3n) is 4.54. The largest absolute Gasteiger partial charge is 0.454 e. The van der Waals surface area contributed by atoms with Crippen LogP contribution in [0.25, 0.3) is 0 Å². The lowest BCUT2D eigenvalue weighted by molar-refractivity contribution is -0.152. The van der Waals surface area contributed by atoms with Gasteiger partial charge in [-0.1, -0.05) is 36.4 Å². The van der Waals surface area contributed by atoms with E-state index in [1.165, 1.54) is 11.3 Å². The van der Waals surface area contributed by atoms with Gasteiger partial charge in [-0.15, -0.1) is 11.3 Å². The molecular formula is C20H22N2O4S. The number of ether oxygens (including phenoxy) is 1. The number of hydrogen-bond donors (Lipinski definition) is 1. The minimum absolute atomic E-state index is 0.161. The Hall–Kier alpha value is -2.67. The Morgan fingerprint density at radius 3 is 2.70 bits per heavy atom. The smallest absolute Gasteiger partial charge is 0.329 e. The highest BCUT2D eigenvalue weighted by Gasteiger charge is 2.36. The number of amides is 2. The van der Waals surface area contributed by atoms with Gasteiger partial charge in [0.25, 0.3) is 11.8 Å². The first-order chi connectivity index (χ1) is 13.1. The first-order valence-corrected chi connectivity index (χ1v) is 9.79. The summed E-state index contributed by atoms with van der Waals surface area (Å²) in [6.07, 6.45) is 1.30. The standard InChI is InChI=1S/C20H22N2O4S/c1-14(15-7-3-2-4-8-15)21-18(23)13-26-20(25)16-9-5-11-22(16)19(24)17-10-6-12-27-17/h2-4,6-8,10,12,14,16H,5,9,11,13H2,1H3,(H,21,23)/t14-,16-/m0/s1. The van der Waals surface area contributed by atoms with Crippen LogP contribution in [0.3, 0.4) is 0 Å². The molecule has 2 amide bonds. The minimum Gasteiger partial charge on any atom is -0.454 e. The molecule has 142 valence electrons. The van der Waals surface area contributed by atoms with Gasteiger partial charge in [-0.3, -0.25) is 9.59 Å². The van der Waals surface area contributed by atoms with E-state index in [0.717, 1.165) is 12.0 Å². The van der Waals surface area contributed by atoms with Gasteiger partial charge in [0.05, 0.1) is 10.9 Å². The second-order valence-electron chi connectivity index (χ2n) is 6.44. The number of benzene rings is 1.